The molecule has 0 amide bonds. The fraction of sp³-hybridized carbons (Fsp3) is 0.200. The molecule has 1 unspecified atom stereocenters. The molecule has 3 N–H and O–H groups in total. The Bertz CT molecular complexity index is 621. The van der Waals surface area contributed by atoms with Crippen LogP contribution in [0.4, 0.5) is 4.39 Å². The summed E-state index contributed by atoms with van der Waals surface area (Å²) < 4.78 is 14.3. The minimum atomic E-state index is -0.481. The van der Waals surface area contributed by atoms with Gasteiger partial charge in [-0.1, -0.05) is 35.3 Å². The van der Waals surface area contributed by atoms with Gasteiger partial charge in [0.05, 0.1) is 16.1 Å². The van der Waals surface area contributed by atoms with Gasteiger partial charge in [0, 0.05) is 5.56 Å². The zero-order valence-electron chi connectivity index (χ0n) is 11.2. The molecule has 0 bridgehead atoms. The smallest absolute Gasteiger partial charge is 0.128 e. The van der Waals surface area contributed by atoms with E-state index in [1.807, 2.05) is 19.9 Å². The summed E-state index contributed by atoms with van der Waals surface area (Å²) in [7, 11) is 0. The van der Waals surface area contributed by atoms with Crippen LogP contribution < -0.4 is 11.3 Å². The van der Waals surface area contributed by atoms with Crippen molar-refractivity contribution in [2.75, 3.05) is 0 Å². The zero-order chi connectivity index (χ0) is 14.9. The zero-order valence-corrected chi connectivity index (χ0v) is 12.7. The molecule has 0 aliphatic rings. The van der Waals surface area contributed by atoms with E-state index in [4.69, 9.17) is 29.0 Å². The largest absolute Gasteiger partial charge is 0.271 e. The van der Waals surface area contributed by atoms with E-state index in [1.165, 1.54) is 6.07 Å². The molecule has 0 fully saturated rings. The van der Waals surface area contributed by atoms with E-state index in [0.717, 1.165) is 16.7 Å². The van der Waals surface area contributed by atoms with E-state index in [0.29, 0.717) is 15.6 Å². The number of rotatable bonds is 3. The van der Waals surface area contributed by atoms with Gasteiger partial charge in [0.15, 0.2) is 0 Å². The maximum absolute atomic E-state index is 14.3. The maximum Gasteiger partial charge on any atom is 0.128 e. The van der Waals surface area contributed by atoms with Crippen LogP contribution in [0.3, 0.4) is 0 Å². The monoisotopic (exact) mass is 312 g/mol. The molecule has 0 spiro atoms. The molecule has 1 atom stereocenters. The number of aryl methyl sites for hydroxylation is 2. The molecule has 0 saturated heterocycles. The predicted molar refractivity (Wildman–Crippen MR) is 81.5 cm³/mol. The predicted octanol–water partition coefficient (Wildman–Crippen LogP) is 4.30. The summed E-state index contributed by atoms with van der Waals surface area (Å²) in [6.07, 6.45) is 0. The molecule has 2 nitrogen and oxygen atoms in total. The van der Waals surface area contributed by atoms with Crippen molar-refractivity contribution in [2.45, 2.75) is 19.9 Å². The molecule has 0 radical (unpaired) electrons. The van der Waals surface area contributed by atoms with Gasteiger partial charge >= 0.3 is 0 Å². The normalized spacial score (nSPS) is 12.5. The Morgan fingerprint density at radius 1 is 1.10 bits per heavy atom. The Morgan fingerprint density at radius 2 is 1.80 bits per heavy atom. The molecule has 2 aromatic rings. The highest BCUT2D eigenvalue weighted by atomic mass is 35.5. The fourth-order valence-electron chi connectivity index (χ4n) is 2.33. The third kappa shape index (κ3) is 2.96. The van der Waals surface area contributed by atoms with Crippen LogP contribution in [0, 0.1) is 19.7 Å². The highest BCUT2D eigenvalue weighted by Crippen LogP contribution is 2.31. The van der Waals surface area contributed by atoms with Gasteiger partial charge in [-0.15, -0.1) is 0 Å². The van der Waals surface area contributed by atoms with E-state index < -0.39 is 6.04 Å². The van der Waals surface area contributed by atoms with Gasteiger partial charge in [-0.05, 0) is 48.7 Å². The third-order valence-electron chi connectivity index (χ3n) is 3.21. The minimum Gasteiger partial charge on any atom is -0.271 e. The number of benzene rings is 2. The van der Waals surface area contributed by atoms with E-state index in [1.54, 1.807) is 18.2 Å². The summed E-state index contributed by atoms with van der Waals surface area (Å²) >= 11 is 11.9. The molecule has 0 saturated carbocycles. The summed E-state index contributed by atoms with van der Waals surface area (Å²) in [6.45, 7) is 3.71. The third-order valence-corrected chi connectivity index (χ3v) is 3.95. The quantitative estimate of drug-likeness (QED) is 0.655. The topological polar surface area (TPSA) is 38.0 Å². The van der Waals surface area contributed by atoms with Crippen molar-refractivity contribution in [1.82, 2.24) is 5.43 Å². The highest BCUT2D eigenvalue weighted by molar-refractivity contribution is 6.42. The number of nitrogens with one attached hydrogen (secondary N) is 1. The minimum absolute atomic E-state index is 0.295. The van der Waals surface area contributed by atoms with E-state index in [9.17, 15) is 4.39 Å². The van der Waals surface area contributed by atoms with Crippen molar-refractivity contribution < 1.29 is 4.39 Å². The van der Waals surface area contributed by atoms with E-state index in [2.05, 4.69) is 5.43 Å². The Morgan fingerprint density at radius 3 is 2.35 bits per heavy atom. The molecule has 5 heteroatoms. The standard InChI is InChI=1S/C15H15Cl2FN2/c1-8-5-9(2)14(13(18)6-8)15(20-19)10-3-4-11(16)12(17)7-10/h3-7,15,20H,19H2,1-2H3. The summed E-state index contributed by atoms with van der Waals surface area (Å²) in [5.41, 5.74) is 5.61. The second-order valence-corrected chi connectivity index (χ2v) is 5.56. The van der Waals surface area contributed by atoms with E-state index in [-0.39, 0.29) is 5.82 Å². The summed E-state index contributed by atoms with van der Waals surface area (Å²) in [4.78, 5) is 0. The Hall–Kier alpha value is -1.13. The molecular formula is C15H15Cl2FN2. The van der Waals surface area contributed by atoms with Crippen LogP contribution in [-0.4, -0.2) is 0 Å². The molecule has 0 heterocycles. The SMILES string of the molecule is Cc1cc(C)c(C(NN)c2ccc(Cl)c(Cl)c2)c(F)c1. The van der Waals surface area contributed by atoms with Crippen molar-refractivity contribution in [3.8, 4) is 0 Å². The van der Waals surface area contributed by atoms with E-state index >= 15 is 0 Å². The first-order valence-corrected chi connectivity index (χ1v) is 6.87. The number of hydrogen-bond donors (Lipinski definition) is 2. The first-order chi connectivity index (χ1) is 9.43. The van der Waals surface area contributed by atoms with Crippen LogP contribution in [0.25, 0.3) is 0 Å². The van der Waals surface area contributed by atoms with Crippen LogP contribution in [0.15, 0.2) is 30.3 Å². The highest BCUT2D eigenvalue weighted by Gasteiger charge is 2.20. The lowest BCUT2D eigenvalue weighted by molar-refractivity contribution is 0.556. The molecule has 20 heavy (non-hydrogen) atoms. The molecule has 0 aromatic heterocycles. The summed E-state index contributed by atoms with van der Waals surface area (Å²) in [5, 5.41) is 0.863. The second kappa shape index (κ2) is 6.10. The maximum atomic E-state index is 14.3. The molecule has 2 rings (SSSR count). The molecule has 106 valence electrons. The van der Waals surface area contributed by atoms with Crippen LogP contribution in [-0.2, 0) is 0 Å². The Balaban J connectivity index is 2.55. The molecule has 2 aromatic carbocycles. The molecule has 0 aliphatic heterocycles. The molecule has 0 aliphatic carbocycles. The van der Waals surface area contributed by atoms with Crippen molar-refractivity contribution in [1.29, 1.82) is 0 Å². The Labute approximate surface area is 127 Å². The molecular weight excluding hydrogens is 298 g/mol. The van der Waals surface area contributed by atoms with Gasteiger partial charge in [0.25, 0.3) is 0 Å². The average molecular weight is 313 g/mol. The average Bonchev–Trinajstić information content (AvgIpc) is 2.37. The van der Waals surface area contributed by atoms with Gasteiger partial charge in [0.1, 0.15) is 5.82 Å². The first-order valence-electron chi connectivity index (χ1n) is 6.11. The second-order valence-electron chi connectivity index (χ2n) is 4.75. The van der Waals surface area contributed by atoms with Gasteiger partial charge in [-0.3, -0.25) is 5.84 Å². The van der Waals surface area contributed by atoms with Gasteiger partial charge in [0.2, 0.25) is 0 Å². The van der Waals surface area contributed by atoms with Crippen molar-refractivity contribution in [3.63, 3.8) is 0 Å². The number of halogens is 3. The van der Waals surface area contributed by atoms with Crippen LogP contribution in [0.1, 0.15) is 28.3 Å². The van der Waals surface area contributed by atoms with Crippen molar-refractivity contribution in [3.05, 3.63) is 68.4 Å². The lowest BCUT2D eigenvalue weighted by Crippen LogP contribution is -2.30. The van der Waals surface area contributed by atoms with Crippen LogP contribution in [0.2, 0.25) is 10.0 Å². The fourth-order valence-corrected chi connectivity index (χ4v) is 2.64. The van der Waals surface area contributed by atoms with Crippen LogP contribution >= 0.6 is 23.2 Å². The Kier molecular flexibility index (Phi) is 4.66. The van der Waals surface area contributed by atoms with Crippen molar-refractivity contribution >= 4 is 23.2 Å². The first kappa shape index (κ1) is 15.3. The summed E-state index contributed by atoms with van der Waals surface area (Å²) in [5.74, 6) is 5.31. The number of nitrogens with two attached hydrogens (primary N) is 1. The van der Waals surface area contributed by atoms with Gasteiger partial charge in [-0.25, -0.2) is 9.82 Å². The van der Waals surface area contributed by atoms with Gasteiger partial charge in [-0.2, -0.15) is 0 Å². The number of hydrogen-bond acceptors (Lipinski definition) is 2. The number of hydrazine groups is 1. The van der Waals surface area contributed by atoms with Crippen LogP contribution in [0.5, 0.6) is 0 Å². The van der Waals surface area contributed by atoms with Crippen molar-refractivity contribution in [2.24, 2.45) is 5.84 Å². The lowest BCUT2D eigenvalue weighted by Gasteiger charge is -2.20. The lowest BCUT2D eigenvalue weighted by atomic mass is 9.93. The summed E-state index contributed by atoms with van der Waals surface area (Å²) in [6, 6.07) is 8.06. The van der Waals surface area contributed by atoms with Gasteiger partial charge < -0.3 is 0 Å².